The predicted octanol–water partition coefficient (Wildman–Crippen LogP) is 2.61. The summed E-state index contributed by atoms with van der Waals surface area (Å²) in [7, 11) is 0. The van der Waals surface area contributed by atoms with Gasteiger partial charge in [0, 0.05) is 17.7 Å². The summed E-state index contributed by atoms with van der Waals surface area (Å²) < 4.78 is 0. The summed E-state index contributed by atoms with van der Waals surface area (Å²) in [5.74, 6) is 1.71. The molecule has 0 aromatic heterocycles. The lowest BCUT2D eigenvalue weighted by Gasteiger charge is -2.11. The monoisotopic (exact) mass is 240 g/mol. The van der Waals surface area contributed by atoms with E-state index < -0.39 is 0 Å². The first-order valence-electron chi connectivity index (χ1n) is 6.40. The van der Waals surface area contributed by atoms with Gasteiger partial charge >= 0.3 is 0 Å². The molecule has 1 amide bonds. The molecule has 2 aliphatic carbocycles. The molecule has 3 atom stereocenters. The van der Waals surface area contributed by atoms with E-state index in [2.05, 4.69) is 22.7 Å². The highest BCUT2D eigenvalue weighted by molar-refractivity contribution is 5.94. The van der Waals surface area contributed by atoms with Crippen molar-refractivity contribution < 1.29 is 4.79 Å². The second-order valence-corrected chi connectivity index (χ2v) is 5.03. The molecule has 92 valence electrons. The van der Waals surface area contributed by atoms with Crippen LogP contribution in [0.25, 0.3) is 0 Å². The van der Waals surface area contributed by atoms with Crippen LogP contribution in [0.5, 0.6) is 0 Å². The van der Waals surface area contributed by atoms with Crippen LogP contribution in [0.1, 0.15) is 23.2 Å². The molecule has 1 N–H and O–H groups in total. The molecule has 1 fully saturated rings. The maximum Gasteiger partial charge on any atom is 0.271 e. The largest absolute Gasteiger partial charge is 0.271 e. The normalized spacial score (nSPS) is 29.0. The van der Waals surface area contributed by atoms with Crippen LogP contribution in [0.4, 0.5) is 0 Å². The van der Waals surface area contributed by atoms with Crippen LogP contribution in [0.2, 0.25) is 0 Å². The number of nitrogens with one attached hydrogen (secondary N) is 1. The van der Waals surface area contributed by atoms with Crippen LogP contribution in [0, 0.1) is 17.8 Å². The van der Waals surface area contributed by atoms with Gasteiger partial charge in [-0.25, -0.2) is 5.43 Å². The maximum atomic E-state index is 11.7. The Morgan fingerprint density at radius 2 is 2.06 bits per heavy atom. The van der Waals surface area contributed by atoms with Crippen LogP contribution in [0.3, 0.4) is 0 Å². The lowest BCUT2D eigenvalue weighted by molar-refractivity contribution is 0.0955. The third kappa shape index (κ3) is 2.21. The highest BCUT2D eigenvalue weighted by Crippen LogP contribution is 2.42. The van der Waals surface area contributed by atoms with E-state index in [4.69, 9.17) is 0 Å². The fraction of sp³-hybridized carbons (Fsp3) is 0.333. The van der Waals surface area contributed by atoms with E-state index in [-0.39, 0.29) is 5.91 Å². The molecule has 1 aromatic rings. The molecular weight excluding hydrogens is 224 g/mol. The predicted molar refractivity (Wildman–Crippen MR) is 71.2 cm³/mol. The minimum absolute atomic E-state index is 0.148. The van der Waals surface area contributed by atoms with Crippen molar-refractivity contribution in [3.63, 3.8) is 0 Å². The molecular formula is C15H16N2O. The van der Waals surface area contributed by atoms with Crippen LogP contribution in [-0.2, 0) is 0 Å². The van der Waals surface area contributed by atoms with Gasteiger partial charge < -0.3 is 0 Å². The Morgan fingerprint density at radius 1 is 1.22 bits per heavy atom. The topological polar surface area (TPSA) is 41.5 Å². The second kappa shape index (κ2) is 4.77. The van der Waals surface area contributed by atoms with Gasteiger partial charge in [0.25, 0.3) is 5.91 Å². The number of carbonyl (C=O) groups is 1. The van der Waals surface area contributed by atoms with E-state index in [1.165, 1.54) is 12.8 Å². The lowest BCUT2D eigenvalue weighted by Crippen LogP contribution is -2.19. The second-order valence-electron chi connectivity index (χ2n) is 5.03. The quantitative estimate of drug-likeness (QED) is 0.492. The van der Waals surface area contributed by atoms with Crippen LogP contribution in [-0.4, -0.2) is 12.1 Å². The van der Waals surface area contributed by atoms with Gasteiger partial charge in [-0.1, -0.05) is 30.4 Å². The molecule has 0 heterocycles. The zero-order valence-electron chi connectivity index (χ0n) is 10.1. The van der Waals surface area contributed by atoms with Crippen molar-refractivity contribution in [1.82, 2.24) is 5.43 Å². The number of fused-ring (bicyclic) bond motifs is 2. The van der Waals surface area contributed by atoms with Gasteiger partial charge in [-0.15, -0.1) is 0 Å². The van der Waals surface area contributed by atoms with Gasteiger partial charge in [0.15, 0.2) is 0 Å². The van der Waals surface area contributed by atoms with Crippen LogP contribution >= 0.6 is 0 Å². The number of rotatable bonds is 3. The number of carbonyl (C=O) groups excluding carboxylic acids is 1. The zero-order valence-corrected chi connectivity index (χ0v) is 10.1. The first kappa shape index (κ1) is 11.2. The van der Waals surface area contributed by atoms with Crippen molar-refractivity contribution in [3.05, 3.63) is 48.0 Å². The maximum absolute atomic E-state index is 11.7. The van der Waals surface area contributed by atoms with Gasteiger partial charge in [-0.3, -0.25) is 4.79 Å². The van der Waals surface area contributed by atoms with Crippen molar-refractivity contribution in [2.75, 3.05) is 0 Å². The lowest BCUT2D eigenvalue weighted by atomic mass is 9.95. The molecule has 2 aliphatic rings. The minimum atomic E-state index is -0.148. The van der Waals surface area contributed by atoms with Crippen molar-refractivity contribution in [2.24, 2.45) is 22.9 Å². The molecule has 0 saturated heterocycles. The Labute approximate surface area is 107 Å². The molecule has 3 rings (SSSR count). The molecule has 0 spiro atoms. The zero-order chi connectivity index (χ0) is 12.4. The van der Waals surface area contributed by atoms with Gasteiger partial charge in [0.05, 0.1) is 0 Å². The molecule has 1 aromatic carbocycles. The molecule has 3 nitrogen and oxygen atoms in total. The Bertz CT molecular complexity index is 492. The number of hydrogen-bond donors (Lipinski definition) is 1. The number of allylic oxidation sites excluding steroid dienone is 2. The Morgan fingerprint density at radius 3 is 2.72 bits per heavy atom. The molecule has 2 bridgehead atoms. The van der Waals surface area contributed by atoms with Gasteiger partial charge in [-0.05, 0) is 36.8 Å². The first-order chi connectivity index (χ1) is 8.83. The van der Waals surface area contributed by atoms with Crippen molar-refractivity contribution in [2.45, 2.75) is 12.8 Å². The molecule has 1 saturated carbocycles. The average molecular weight is 240 g/mol. The number of benzene rings is 1. The third-order valence-electron chi connectivity index (χ3n) is 3.80. The van der Waals surface area contributed by atoms with Crippen molar-refractivity contribution in [3.8, 4) is 0 Å². The minimum Gasteiger partial charge on any atom is -0.267 e. The summed E-state index contributed by atoms with van der Waals surface area (Å²) in [5.41, 5.74) is 3.23. The van der Waals surface area contributed by atoms with E-state index in [1.807, 2.05) is 24.4 Å². The summed E-state index contributed by atoms with van der Waals surface area (Å²) in [6.07, 6.45) is 8.91. The Balaban J connectivity index is 1.55. The fourth-order valence-electron chi connectivity index (χ4n) is 2.84. The smallest absolute Gasteiger partial charge is 0.267 e. The number of hydrogen-bond acceptors (Lipinski definition) is 2. The standard InChI is InChI=1S/C15H16N2O/c18-15(12-4-2-1-3-5-12)17-16-10-14-9-11-6-7-13(14)8-11/h1-7,10-11,13-14H,8-9H2,(H,17,18)/b16-10-/t11-,13-,14-/m0/s1. The number of nitrogens with zero attached hydrogens (tertiary/aromatic N) is 1. The van der Waals surface area contributed by atoms with E-state index in [9.17, 15) is 4.79 Å². The number of amides is 1. The van der Waals surface area contributed by atoms with Gasteiger partial charge in [-0.2, -0.15) is 5.10 Å². The van der Waals surface area contributed by atoms with Crippen LogP contribution < -0.4 is 5.43 Å². The summed E-state index contributed by atoms with van der Waals surface area (Å²) in [6, 6.07) is 9.15. The molecule has 0 radical (unpaired) electrons. The van der Waals surface area contributed by atoms with Gasteiger partial charge in [0.2, 0.25) is 0 Å². The van der Waals surface area contributed by atoms with Gasteiger partial charge in [0.1, 0.15) is 0 Å². The van der Waals surface area contributed by atoms with Crippen LogP contribution in [0.15, 0.2) is 47.6 Å². The highest BCUT2D eigenvalue weighted by Gasteiger charge is 2.34. The summed E-state index contributed by atoms with van der Waals surface area (Å²) in [6.45, 7) is 0. The van der Waals surface area contributed by atoms with E-state index in [0.29, 0.717) is 17.4 Å². The fourth-order valence-corrected chi connectivity index (χ4v) is 2.84. The average Bonchev–Trinajstić information content (AvgIpc) is 3.02. The van der Waals surface area contributed by atoms with E-state index >= 15 is 0 Å². The molecule has 0 unspecified atom stereocenters. The Hall–Kier alpha value is -1.90. The molecule has 3 heteroatoms. The Kier molecular flexibility index (Phi) is 2.97. The van der Waals surface area contributed by atoms with Crippen molar-refractivity contribution in [1.29, 1.82) is 0 Å². The molecule has 0 aliphatic heterocycles. The highest BCUT2D eigenvalue weighted by atomic mass is 16.2. The summed E-state index contributed by atoms with van der Waals surface area (Å²) >= 11 is 0. The number of hydrazone groups is 1. The SMILES string of the molecule is O=C(N/N=C\[C@@H]1C[C@H]2C=C[C@H]1C2)c1ccccc1. The van der Waals surface area contributed by atoms with Crippen molar-refractivity contribution >= 4 is 12.1 Å². The third-order valence-corrected chi connectivity index (χ3v) is 3.80. The van der Waals surface area contributed by atoms with E-state index in [1.54, 1.807) is 12.1 Å². The summed E-state index contributed by atoms with van der Waals surface area (Å²) in [4.78, 5) is 11.7. The first-order valence-corrected chi connectivity index (χ1v) is 6.40. The van der Waals surface area contributed by atoms with E-state index in [0.717, 1.165) is 5.92 Å². The molecule has 18 heavy (non-hydrogen) atoms. The summed E-state index contributed by atoms with van der Waals surface area (Å²) in [5, 5.41) is 4.09.